The van der Waals surface area contributed by atoms with Crippen molar-refractivity contribution >= 4 is 18.0 Å². The first-order chi connectivity index (χ1) is 17.3. The lowest BCUT2D eigenvalue weighted by atomic mass is 9.76. The number of methoxy groups -OCH3 is 3. The van der Waals surface area contributed by atoms with Gasteiger partial charge >= 0.3 is 11.9 Å². The highest BCUT2D eigenvalue weighted by Crippen LogP contribution is 2.42. The van der Waals surface area contributed by atoms with E-state index in [-0.39, 0.29) is 12.2 Å². The van der Waals surface area contributed by atoms with Gasteiger partial charge in [0.25, 0.3) is 0 Å². The maximum Gasteiger partial charge on any atom is 0.346 e. The van der Waals surface area contributed by atoms with E-state index >= 15 is 0 Å². The summed E-state index contributed by atoms with van der Waals surface area (Å²) < 4.78 is 21.6. The van der Waals surface area contributed by atoms with Gasteiger partial charge in [0, 0.05) is 0 Å². The van der Waals surface area contributed by atoms with E-state index in [1.54, 1.807) is 30.3 Å². The fourth-order valence-electron chi connectivity index (χ4n) is 3.96. The molecule has 0 aliphatic heterocycles. The second-order valence-electron chi connectivity index (χ2n) is 8.18. The maximum atomic E-state index is 13.6. The fourth-order valence-corrected chi connectivity index (χ4v) is 3.96. The molecule has 0 bridgehead atoms. The number of hydrogen-bond donors (Lipinski definition) is 1. The predicted octanol–water partition coefficient (Wildman–Crippen LogP) is 4.21. The SMILES string of the molecule is COC(=O)[C@@](OCc1ccccc1)(c1ccc(OC)cc1)[C@](O)(/C=C/c1cccc(C)c1)C(=O)OC. The fraction of sp³-hybridized carbons (Fsp3) is 0.241. The first-order valence-electron chi connectivity index (χ1n) is 11.3. The van der Waals surface area contributed by atoms with Crippen molar-refractivity contribution in [1.82, 2.24) is 0 Å². The van der Waals surface area contributed by atoms with Gasteiger partial charge in [-0.15, -0.1) is 0 Å². The lowest BCUT2D eigenvalue weighted by Crippen LogP contribution is -2.62. The van der Waals surface area contributed by atoms with E-state index in [0.717, 1.165) is 19.8 Å². The molecule has 0 saturated heterocycles. The van der Waals surface area contributed by atoms with Crippen LogP contribution >= 0.6 is 0 Å². The van der Waals surface area contributed by atoms with Crippen LogP contribution in [0.4, 0.5) is 0 Å². The van der Waals surface area contributed by atoms with E-state index < -0.39 is 23.1 Å². The first-order valence-corrected chi connectivity index (χ1v) is 11.3. The zero-order valence-electron chi connectivity index (χ0n) is 20.8. The van der Waals surface area contributed by atoms with Crippen LogP contribution in [0.5, 0.6) is 5.75 Å². The molecule has 36 heavy (non-hydrogen) atoms. The first kappa shape index (κ1) is 26.7. The van der Waals surface area contributed by atoms with Crippen LogP contribution in [-0.4, -0.2) is 44.0 Å². The van der Waals surface area contributed by atoms with Gasteiger partial charge in [0.1, 0.15) is 5.75 Å². The van der Waals surface area contributed by atoms with Crippen LogP contribution in [0, 0.1) is 6.92 Å². The van der Waals surface area contributed by atoms with Crippen molar-refractivity contribution in [3.05, 3.63) is 107 Å². The van der Waals surface area contributed by atoms with Crippen LogP contribution in [0.2, 0.25) is 0 Å². The molecule has 2 atom stereocenters. The summed E-state index contributed by atoms with van der Waals surface area (Å²) >= 11 is 0. The zero-order chi connectivity index (χ0) is 26.2. The Morgan fingerprint density at radius 2 is 1.53 bits per heavy atom. The number of aryl methyl sites for hydroxylation is 1. The van der Waals surface area contributed by atoms with Crippen molar-refractivity contribution in [2.24, 2.45) is 0 Å². The molecule has 7 nitrogen and oxygen atoms in total. The van der Waals surface area contributed by atoms with Crippen molar-refractivity contribution < 1.29 is 33.6 Å². The van der Waals surface area contributed by atoms with Gasteiger partial charge in [0.15, 0.2) is 0 Å². The summed E-state index contributed by atoms with van der Waals surface area (Å²) in [5.74, 6) is -1.57. The number of carbonyl (C=O) groups excluding carboxylic acids is 2. The van der Waals surface area contributed by atoms with Crippen molar-refractivity contribution in [2.45, 2.75) is 24.7 Å². The zero-order valence-corrected chi connectivity index (χ0v) is 20.8. The third-order valence-electron chi connectivity index (χ3n) is 5.86. The molecule has 0 saturated carbocycles. The highest BCUT2D eigenvalue weighted by atomic mass is 16.6. The van der Waals surface area contributed by atoms with Crippen LogP contribution in [0.1, 0.15) is 22.3 Å². The van der Waals surface area contributed by atoms with E-state index in [9.17, 15) is 14.7 Å². The maximum absolute atomic E-state index is 13.6. The number of rotatable bonds is 10. The molecule has 0 heterocycles. The summed E-state index contributed by atoms with van der Waals surface area (Å²) in [6, 6.07) is 22.8. The minimum atomic E-state index is -2.61. The van der Waals surface area contributed by atoms with Gasteiger partial charge in [-0.2, -0.15) is 0 Å². The molecule has 0 amide bonds. The third kappa shape index (κ3) is 5.32. The van der Waals surface area contributed by atoms with Gasteiger partial charge in [-0.3, -0.25) is 0 Å². The molecule has 0 aromatic heterocycles. The highest BCUT2D eigenvalue weighted by Gasteiger charge is 2.63. The Labute approximate surface area is 210 Å². The Kier molecular flexibility index (Phi) is 8.64. The Hall–Kier alpha value is -3.94. The molecule has 0 unspecified atom stereocenters. The molecule has 3 aromatic carbocycles. The van der Waals surface area contributed by atoms with Crippen LogP contribution in [0.3, 0.4) is 0 Å². The van der Waals surface area contributed by atoms with E-state index in [1.165, 1.54) is 31.4 Å². The Bertz CT molecular complexity index is 1200. The average Bonchev–Trinajstić information content (AvgIpc) is 2.92. The summed E-state index contributed by atoms with van der Waals surface area (Å²) in [6.45, 7) is 1.81. The predicted molar refractivity (Wildman–Crippen MR) is 135 cm³/mol. The smallest absolute Gasteiger partial charge is 0.346 e. The van der Waals surface area contributed by atoms with Crippen molar-refractivity contribution in [1.29, 1.82) is 0 Å². The second-order valence-corrected chi connectivity index (χ2v) is 8.18. The summed E-state index contributed by atoms with van der Waals surface area (Å²) in [6.07, 6.45) is 2.75. The van der Waals surface area contributed by atoms with Crippen LogP contribution in [0.25, 0.3) is 6.08 Å². The number of aliphatic hydroxyl groups is 1. The second kappa shape index (κ2) is 11.7. The van der Waals surface area contributed by atoms with Crippen LogP contribution in [0.15, 0.2) is 84.9 Å². The van der Waals surface area contributed by atoms with Crippen molar-refractivity contribution in [3.8, 4) is 5.75 Å². The molecule has 0 aliphatic rings. The van der Waals surface area contributed by atoms with E-state index in [4.69, 9.17) is 18.9 Å². The highest BCUT2D eigenvalue weighted by molar-refractivity contribution is 5.96. The molecule has 1 N–H and O–H groups in total. The van der Waals surface area contributed by atoms with Crippen LogP contribution in [-0.2, 0) is 36.0 Å². The van der Waals surface area contributed by atoms with Gasteiger partial charge in [-0.25, -0.2) is 9.59 Å². The molecular weight excluding hydrogens is 460 g/mol. The van der Waals surface area contributed by atoms with Crippen molar-refractivity contribution in [3.63, 3.8) is 0 Å². The molecule has 7 heteroatoms. The third-order valence-corrected chi connectivity index (χ3v) is 5.86. The van der Waals surface area contributed by atoms with Gasteiger partial charge in [-0.05, 0) is 41.8 Å². The average molecular weight is 491 g/mol. The summed E-state index contributed by atoms with van der Waals surface area (Å²) in [5.41, 5.74) is -2.36. The van der Waals surface area contributed by atoms with Crippen LogP contribution < -0.4 is 4.74 Å². The summed E-state index contributed by atoms with van der Waals surface area (Å²) in [4.78, 5) is 26.8. The van der Waals surface area contributed by atoms with Gasteiger partial charge in [-0.1, -0.05) is 78.4 Å². The van der Waals surface area contributed by atoms with E-state index in [0.29, 0.717) is 16.9 Å². The summed E-state index contributed by atoms with van der Waals surface area (Å²) in [5, 5.41) is 12.1. The molecule has 3 aromatic rings. The molecule has 188 valence electrons. The molecular formula is C29H30O7. The standard InChI is InChI=1S/C29H30O7/c1-21-9-8-12-22(19-21)17-18-28(32,26(30)34-3)29(27(31)35-4,24-13-15-25(33-2)16-14-24)36-20-23-10-6-5-7-11-23/h5-19,32H,20H2,1-4H3/b18-17+/t28-,29-/m0/s1. The molecule has 0 radical (unpaired) electrons. The number of carbonyl (C=O) groups is 2. The van der Waals surface area contributed by atoms with Gasteiger partial charge < -0.3 is 24.1 Å². The quantitative estimate of drug-likeness (QED) is 0.426. The monoisotopic (exact) mass is 490 g/mol. The van der Waals surface area contributed by atoms with Gasteiger partial charge in [0.05, 0.1) is 27.9 Å². The van der Waals surface area contributed by atoms with E-state index in [1.807, 2.05) is 43.3 Å². The minimum absolute atomic E-state index is 0.112. The number of hydrogen-bond acceptors (Lipinski definition) is 7. The van der Waals surface area contributed by atoms with E-state index in [2.05, 4.69) is 0 Å². The lowest BCUT2D eigenvalue weighted by Gasteiger charge is -2.41. The Morgan fingerprint density at radius 1 is 0.861 bits per heavy atom. The van der Waals surface area contributed by atoms with Gasteiger partial charge in [0.2, 0.25) is 11.2 Å². The number of esters is 2. The molecule has 0 spiro atoms. The van der Waals surface area contributed by atoms with Crippen molar-refractivity contribution in [2.75, 3.05) is 21.3 Å². The normalized spacial score (nSPS) is 14.5. The topological polar surface area (TPSA) is 91.3 Å². The summed E-state index contributed by atoms with van der Waals surface area (Å²) in [7, 11) is 3.79. The lowest BCUT2D eigenvalue weighted by molar-refractivity contribution is -0.218. The molecule has 0 fully saturated rings. The number of ether oxygens (including phenoxy) is 4. The number of benzene rings is 3. The molecule has 0 aliphatic carbocycles. The molecule has 3 rings (SSSR count). The minimum Gasteiger partial charge on any atom is -0.497 e. The Morgan fingerprint density at radius 3 is 2.11 bits per heavy atom. The Balaban J connectivity index is 2.26. The largest absolute Gasteiger partial charge is 0.497 e.